The second kappa shape index (κ2) is 7.16. The minimum absolute atomic E-state index is 0.108. The monoisotopic (exact) mass is 326 g/mol. The summed E-state index contributed by atoms with van der Waals surface area (Å²) in [4.78, 5) is 12.1. The molecule has 0 saturated heterocycles. The predicted octanol–water partition coefficient (Wildman–Crippen LogP) is -0.134. The van der Waals surface area contributed by atoms with Crippen LogP contribution in [-0.4, -0.2) is 49.5 Å². The quantitative estimate of drug-likeness (QED) is 0.206. The Kier molecular flexibility index (Phi) is 5.77. The Labute approximate surface area is 133 Å². The molecule has 0 aliphatic heterocycles. The zero-order valence-corrected chi connectivity index (χ0v) is 12.7. The van der Waals surface area contributed by atoms with E-state index in [0.29, 0.717) is 0 Å². The number of aromatic hydroxyl groups is 2. The normalized spacial score (nSPS) is 14.7. The van der Waals surface area contributed by atoms with Crippen LogP contribution in [0.4, 0.5) is 0 Å². The number of phenolic OH excluding ortho intramolecular Hbond substituents is 2. The maximum absolute atomic E-state index is 10.8. The lowest BCUT2D eigenvalue weighted by atomic mass is 10.0. The summed E-state index contributed by atoms with van der Waals surface area (Å²) in [5.74, 6) is -2.16. The van der Waals surface area contributed by atoms with Crippen LogP contribution >= 0.6 is 0 Å². The minimum atomic E-state index is -2.36. The number of rotatable bonds is 7. The number of hydrogen-bond donors (Lipinski definition) is 7. The Hall–Kier alpha value is -2.52. The molecule has 0 radical (unpaired) electrons. The van der Waals surface area contributed by atoms with Gasteiger partial charge in [-0.3, -0.25) is 11.1 Å². The van der Waals surface area contributed by atoms with E-state index in [1.807, 2.05) is 0 Å². The van der Waals surface area contributed by atoms with Crippen LogP contribution < -0.4 is 11.5 Å². The van der Waals surface area contributed by atoms with Gasteiger partial charge in [-0.05, 0) is 25.5 Å². The number of guanidine groups is 1. The molecule has 0 aliphatic carbocycles. The van der Waals surface area contributed by atoms with Crippen molar-refractivity contribution in [3.05, 3.63) is 23.8 Å². The molecule has 9 heteroatoms. The van der Waals surface area contributed by atoms with Gasteiger partial charge in [-0.25, -0.2) is 4.79 Å². The van der Waals surface area contributed by atoms with Gasteiger partial charge in [-0.2, -0.15) is 0 Å². The lowest BCUT2D eigenvalue weighted by Crippen LogP contribution is -2.48. The molecule has 1 aromatic rings. The first-order valence-electron chi connectivity index (χ1n) is 6.94. The van der Waals surface area contributed by atoms with E-state index in [9.17, 15) is 20.1 Å². The van der Waals surface area contributed by atoms with E-state index in [1.54, 1.807) is 6.92 Å². The molecule has 0 bridgehead atoms. The van der Waals surface area contributed by atoms with Crippen LogP contribution in [-0.2, 0) is 4.79 Å². The summed E-state index contributed by atoms with van der Waals surface area (Å²) in [6.07, 6.45) is -0.108. The van der Waals surface area contributed by atoms with E-state index in [1.165, 1.54) is 23.1 Å². The smallest absolute Gasteiger partial charge is 0.350 e. The Morgan fingerprint density at radius 1 is 1.39 bits per heavy atom. The molecule has 0 aromatic heterocycles. The molecule has 0 spiro atoms. The number of carboxylic acids is 1. The van der Waals surface area contributed by atoms with Crippen LogP contribution in [0.15, 0.2) is 18.2 Å². The number of hydrogen-bond acceptors (Lipinski definition) is 6. The van der Waals surface area contributed by atoms with Gasteiger partial charge < -0.3 is 31.1 Å². The Bertz CT molecular complexity index is 570. The number of carbonyl (C=O) groups is 1. The van der Waals surface area contributed by atoms with Crippen LogP contribution in [0.5, 0.6) is 11.5 Å². The van der Waals surface area contributed by atoms with E-state index < -0.39 is 17.7 Å². The van der Waals surface area contributed by atoms with E-state index in [0.717, 1.165) is 0 Å². The number of aliphatic hydroxyl groups is 1. The number of benzene rings is 1. The van der Waals surface area contributed by atoms with Crippen LogP contribution in [0.3, 0.4) is 0 Å². The van der Waals surface area contributed by atoms with Gasteiger partial charge in [0.25, 0.3) is 0 Å². The van der Waals surface area contributed by atoms with E-state index in [2.05, 4.69) is 0 Å². The summed E-state index contributed by atoms with van der Waals surface area (Å²) in [5.41, 5.74) is 8.59. The van der Waals surface area contributed by atoms with Crippen molar-refractivity contribution in [3.63, 3.8) is 0 Å². The minimum Gasteiger partial charge on any atom is -0.507 e. The van der Waals surface area contributed by atoms with Gasteiger partial charge in [0.2, 0.25) is 5.72 Å². The van der Waals surface area contributed by atoms with E-state index in [-0.39, 0.29) is 42.4 Å². The van der Waals surface area contributed by atoms with Crippen molar-refractivity contribution >= 4 is 11.9 Å². The van der Waals surface area contributed by atoms with Crippen LogP contribution in [0.2, 0.25) is 0 Å². The predicted molar refractivity (Wildman–Crippen MR) is 82.8 cm³/mol. The van der Waals surface area contributed by atoms with Crippen molar-refractivity contribution in [2.75, 3.05) is 6.54 Å². The van der Waals surface area contributed by atoms with Crippen molar-refractivity contribution in [3.8, 4) is 11.5 Å². The third-order valence-electron chi connectivity index (χ3n) is 3.58. The van der Waals surface area contributed by atoms with Crippen molar-refractivity contribution in [2.45, 2.75) is 31.5 Å². The maximum Gasteiger partial charge on any atom is 0.350 e. The SMILES string of the molecule is CC(c1c(O)cccc1O)N(CCCC(N)(O)C(=O)O)C(=N)N. The Morgan fingerprint density at radius 2 is 1.91 bits per heavy atom. The summed E-state index contributed by atoms with van der Waals surface area (Å²) < 4.78 is 0. The highest BCUT2D eigenvalue weighted by Crippen LogP contribution is 2.35. The number of nitrogens with one attached hydrogen (secondary N) is 1. The molecule has 23 heavy (non-hydrogen) atoms. The highest BCUT2D eigenvalue weighted by molar-refractivity contribution is 5.76. The lowest BCUT2D eigenvalue weighted by molar-refractivity contribution is -0.158. The Morgan fingerprint density at radius 3 is 2.35 bits per heavy atom. The molecular weight excluding hydrogens is 304 g/mol. The van der Waals surface area contributed by atoms with Gasteiger partial charge in [-0.15, -0.1) is 0 Å². The first kappa shape index (κ1) is 18.5. The fourth-order valence-corrected chi connectivity index (χ4v) is 2.27. The van der Waals surface area contributed by atoms with Crippen LogP contribution in [0, 0.1) is 5.41 Å². The number of phenols is 2. The average molecular weight is 326 g/mol. The van der Waals surface area contributed by atoms with Crippen molar-refractivity contribution in [1.29, 1.82) is 5.41 Å². The fraction of sp³-hybridized carbons (Fsp3) is 0.429. The largest absolute Gasteiger partial charge is 0.507 e. The highest BCUT2D eigenvalue weighted by atomic mass is 16.4. The van der Waals surface area contributed by atoms with Crippen molar-refractivity contribution < 1.29 is 25.2 Å². The first-order valence-corrected chi connectivity index (χ1v) is 6.94. The van der Waals surface area contributed by atoms with Gasteiger partial charge in [-0.1, -0.05) is 6.07 Å². The second-order valence-corrected chi connectivity index (χ2v) is 5.30. The van der Waals surface area contributed by atoms with Crippen molar-refractivity contribution in [1.82, 2.24) is 4.90 Å². The second-order valence-electron chi connectivity index (χ2n) is 5.30. The summed E-state index contributed by atoms with van der Waals surface area (Å²) in [5, 5.41) is 45.6. The maximum atomic E-state index is 10.8. The molecule has 1 rings (SSSR count). The molecule has 2 atom stereocenters. The zero-order valence-electron chi connectivity index (χ0n) is 12.7. The molecule has 0 amide bonds. The number of aliphatic carboxylic acids is 1. The van der Waals surface area contributed by atoms with Gasteiger partial charge >= 0.3 is 5.97 Å². The standard InChI is InChI=1S/C14H22N4O5/c1-8(11-9(19)4-2-5-10(11)20)18(13(15)16)7-3-6-14(17,23)12(21)22/h2,4-5,8,19-20,23H,3,6-7,17H2,1H3,(H3,15,16)(H,21,22). The van der Waals surface area contributed by atoms with Gasteiger partial charge in [0.1, 0.15) is 11.5 Å². The van der Waals surface area contributed by atoms with Crippen LogP contribution in [0.25, 0.3) is 0 Å². The molecule has 2 unspecified atom stereocenters. The summed E-state index contributed by atoms with van der Waals surface area (Å²) in [6, 6.07) is 3.63. The summed E-state index contributed by atoms with van der Waals surface area (Å²) in [6.45, 7) is 1.74. The molecule has 9 N–H and O–H groups in total. The number of nitrogens with two attached hydrogens (primary N) is 2. The summed E-state index contributed by atoms with van der Waals surface area (Å²) >= 11 is 0. The van der Waals surface area contributed by atoms with Crippen LogP contribution in [0.1, 0.15) is 31.4 Å². The average Bonchev–Trinajstić information content (AvgIpc) is 2.42. The molecule has 0 aliphatic rings. The number of carboxylic acid groups (broad SMARTS) is 1. The first-order chi connectivity index (χ1) is 10.6. The zero-order chi connectivity index (χ0) is 17.8. The summed E-state index contributed by atoms with van der Waals surface area (Å²) in [7, 11) is 0. The highest BCUT2D eigenvalue weighted by Gasteiger charge is 2.31. The molecule has 128 valence electrons. The van der Waals surface area contributed by atoms with E-state index in [4.69, 9.17) is 22.0 Å². The molecule has 0 saturated carbocycles. The number of nitrogens with zero attached hydrogens (tertiary/aromatic N) is 1. The van der Waals surface area contributed by atoms with E-state index >= 15 is 0 Å². The lowest BCUT2D eigenvalue weighted by Gasteiger charge is -2.31. The molecule has 9 nitrogen and oxygen atoms in total. The van der Waals surface area contributed by atoms with Crippen molar-refractivity contribution in [2.24, 2.45) is 11.5 Å². The topological polar surface area (TPSA) is 177 Å². The van der Waals surface area contributed by atoms with Gasteiger partial charge in [0, 0.05) is 13.0 Å². The molecular formula is C14H22N4O5. The Balaban J connectivity index is 2.87. The molecule has 0 fully saturated rings. The van der Waals surface area contributed by atoms with Gasteiger partial charge in [0.05, 0.1) is 11.6 Å². The third kappa shape index (κ3) is 4.47. The fourth-order valence-electron chi connectivity index (χ4n) is 2.27. The third-order valence-corrected chi connectivity index (χ3v) is 3.58. The van der Waals surface area contributed by atoms with Gasteiger partial charge in [0.15, 0.2) is 5.96 Å². The molecule has 0 heterocycles. The molecule has 1 aromatic carbocycles.